The van der Waals surface area contributed by atoms with Crippen LogP contribution in [0.25, 0.3) is 11.1 Å². The summed E-state index contributed by atoms with van der Waals surface area (Å²) in [4.78, 5) is 0. The highest BCUT2D eigenvalue weighted by atomic mass is 31.1. The van der Waals surface area contributed by atoms with Crippen molar-refractivity contribution in [2.45, 2.75) is 49.0 Å². The zero-order chi connectivity index (χ0) is 16.6. The molecular formula is C23H25OP. The Bertz CT molecular complexity index is 774. The second-order valence-corrected chi connectivity index (χ2v) is 11.2. The van der Waals surface area contributed by atoms with Crippen molar-refractivity contribution in [1.82, 2.24) is 0 Å². The van der Waals surface area contributed by atoms with Gasteiger partial charge in [-0.2, -0.15) is 0 Å². The van der Waals surface area contributed by atoms with Gasteiger partial charge in [0.25, 0.3) is 0 Å². The van der Waals surface area contributed by atoms with Gasteiger partial charge in [-0.3, -0.25) is 0 Å². The molecule has 0 amide bonds. The maximum absolute atomic E-state index is 12.1. The molecule has 0 aliphatic heterocycles. The van der Waals surface area contributed by atoms with Crippen molar-refractivity contribution in [3.63, 3.8) is 0 Å². The van der Waals surface area contributed by atoms with Gasteiger partial charge in [-0.1, -0.05) is 57.1 Å². The Morgan fingerprint density at radius 3 is 1.64 bits per heavy atom. The van der Waals surface area contributed by atoms with Gasteiger partial charge >= 0.3 is 0 Å². The molecule has 25 heavy (non-hydrogen) atoms. The lowest BCUT2D eigenvalue weighted by Crippen LogP contribution is -2.49. The summed E-state index contributed by atoms with van der Waals surface area (Å²) in [7, 11) is 0.601. The Labute approximate surface area is 151 Å². The normalized spacial score (nSPS) is 36.8. The fourth-order valence-corrected chi connectivity index (χ4v) is 9.64. The second kappa shape index (κ2) is 4.96. The van der Waals surface area contributed by atoms with Crippen molar-refractivity contribution in [2.24, 2.45) is 17.8 Å². The Morgan fingerprint density at radius 1 is 0.720 bits per heavy atom. The van der Waals surface area contributed by atoms with Crippen LogP contribution in [0.1, 0.15) is 49.7 Å². The first-order valence-electron chi connectivity index (χ1n) is 9.86. The molecule has 0 heterocycles. The average molecular weight is 348 g/mol. The minimum atomic E-state index is -0.765. The van der Waals surface area contributed by atoms with Crippen molar-refractivity contribution >= 4 is 8.58 Å². The number of benzene rings is 2. The average Bonchev–Trinajstić information content (AvgIpc) is 2.83. The van der Waals surface area contributed by atoms with E-state index in [1.165, 1.54) is 49.7 Å². The van der Waals surface area contributed by atoms with Crippen LogP contribution in [0.3, 0.4) is 0 Å². The number of hydrogen-bond acceptors (Lipinski definition) is 1. The predicted molar refractivity (Wildman–Crippen MR) is 104 cm³/mol. The van der Waals surface area contributed by atoms with Crippen molar-refractivity contribution in [2.75, 3.05) is 0 Å². The summed E-state index contributed by atoms with van der Waals surface area (Å²) in [5, 5.41) is 11.7. The van der Waals surface area contributed by atoms with Crippen LogP contribution in [0.2, 0.25) is 0 Å². The van der Waals surface area contributed by atoms with Crippen LogP contribution >= 0.6 is 8.58 Å². The molecule has 4 saturated carbocycles. The minimum absolute atomic E-state index is 0.397. The molecule has 4 fully saturated rings. The lowest BCUT2D eigenvalue weighted by Gasteiger charge is -2.58. The van der Waals surface area contributed by atoms with Gasteiger partial charge in [-0.05, 0) is 83.7 Å². The van der Waals surface area contributed by atoms with Crippen LogP contribution in [0.4, 0.5) is 0 Å². The van der Waals surface area contributed by atoms with Gasteiger partial charge in [-0.25, -0.2) is 0 Å². The topological polar surface area (TPSA) is 20.2 Å². The molecule has 2 aromatic rings. The third-order valence-corrected chi connectivity index (χ3v) is 9.45. The van der Waals surface area contributed by atoms with E-state index in [0.717, 1.165) is 28.9 Å². The van der Waals surface area contributed by atoms with E-state index in [2.05, 4.69) is 48.5 Å². The highest BCUT2D eigenvalue weighted by molar-refractivity contribution is 7.41. The molecule has 1 nitrogen and oxygen atoms in total. The highest BCUT2D eigenvalue weighted by Gasteiger charge is 2.55. The van der Waals surface area contributed by atoms with E-state index < -0.39 is 5.34 Å². The van der Waals surface area contributed by atoms with Gasteiger partial charge < -0.3 is 5.11 Å². The predicted octanol–water partition coefficient (Wildman–Crippen LogP) is 5.51. The largest absolute Gasteiger partial charge is 0.377 e. The number of hydrogen-bond donors (Lipinski definition) is 1. The molecule has 1 N–H and O–H groups in total. The fourth-order valence-electron chi connectivity index (χ4n) is 6.99. The fraction of sp³-hybridized carbons (Fsp3) is 0.478. The van der Waals surface area contributed by atoms with Crippen LogP contribution in [-0.2, 0) is 5.34 Å². The SMILES string of the molecule is OC1(PC23CC4CC(CC(C4)C2)C3)c2ccccc2-c2ccccc21. The molecule has 0 spiro atoms. The number of rotatable bonds is 2. The summed E-state index contributed by atoms with van der Waals surface area (Å²) in [6.45, 7) is 0. The van der Waals surface area contributed by atoms with E-state index in [4.69, 9.17) is 0 Å². The van der Waals surface area contributed by atoms with Gasteiger partial charge in [0.1, 0.15) is 5.34 Å². The molecule has 1 atom stereocenters. The Kier molecular flexibility index (Phi) is 2.97. The van der Waals surface area contributed by atoms with Crippen LogP contribution in [0.15, 0.2) is 48.5 Å². The third kappa shape index (κ3) is 2.03. The van der Waals surface area contributed by atoms with Crippen molar-refractivity contribution in [3.8, 4) is 11.1 Å². The summed E-state index contributed by atoms with van der Waals surface area (Å²) in [6.07, 6.45) is 8.50. The Balaban J connectivity index is 1.47. The number of fused-ring (bicyclic) bond motifs is 3. The molecule has 2 heteroatoms. The quantitative estimate of drug-likeness (QED) is 0.710. The summed E-state index contributed by atoms with van der Waals surface area (Å²) in [5.74, 6) is 2.82. The van der Waals surface area contributed by atoms with E-state index in [0.29, 0.717) is 13.7 Å². The van der Waals surface area contributed by atoms with Crippen LogP contribution in [0.5, 0.6) is 0 Å². The standard InChI is InChI=1S/C23H25OP/c24-23(25-22-12-15-9-16(13-22)11-17(10-15)14-22)20-7-3-1-5-18(20)19-6-2-4-8-21(19)23/h1-8,15-17,24-25H,9-14H2. The molecule has 5 aliphatic carbocycles. The molecule has 2 aromatic carbocycles. The molecule has 1 unspecified atom stereocenters. The smallest absolute Gasteiger partial charge is 0.132 e. The van der Waals surface area contributed by atoms with Crippen LogP contribution in [-0.4, -0.2) is 10.3 Å². The monoisotopic (exact) mass is 348 g/mol. The first-order valence-corrected chi connectivity index (χ1v) is 10.9. The molecule has 7 rings (SSSR count). The van der Waals surface area contributed by atoms with E-state index in [1.807, 2.05) is 0 Å². The molecule has 0 radical (unpaired) electrons. The van der Waals surface area contributed by atoms with Crippen molar-refractivity contribution in [1.29, 1.82) is 0 Å². The Morgan fingerprint density at radius 2 is 1.16 bits per heavy atom. The van der Waals surface area contributed by atoms with Gasteiger partial charge in [0.15, 0.2) is 0 Å². The highest BCUT2D eigenvalue weighted by Crippen LogP contribution is 2.69. The van der Waals surface area contributed by atoms with E-state index in [9.17, 15) is 5.11 Å². The van der Waals surface area contributed by atoms with E-state index in [-0.39, 0.29) is 0 Å². The van der Waals surface area contributed by atoms with Crippen molar-refractivity contribution in [3.05, 3.63) is 59.7 Å². The lowest BCUT2D eigenvalue weighted by molar-refractivity contribution is 0.0332. The Hall–Kier alpha value is -1.17. The molecule has 0 saturated heterocycles. The molecule has 128 valence electrons. The van der Waals surface area contributed by atoms with Crippen LogP contribution < -0.4 is 0 Å². The maximum Gasteiger partial charge on any atom is 0.132 e. The molecule has 5 aliphatic rings. The lowest BCUT2D eigenvalue weighted by atomic mass is 9.56. The summed E-state index contributed by atoms with van der Waals surface area (Å²) in [5.41, 5.74) is 4.81. The van der Waals surface area contributed by atoms with Gasteiger partial charge in [0.05, 0.1) is 0 Å². The van der Waals surface area contributed by atoms with Crippen LogP contribution in [0, 0.1) is 17.8 Å². The summed E-state index contributed by atoms with van der Waals surface area (Å²) >= 11 is 0. The van der Waals surface area contributed by atoms with Crippen molar-refractivity contribution < 1.29 is 5.11 Å². The zero-order valence-electron chi connectivity index (χ0n) is 14.5. The summed E-state index contributed by atoms with van der Waals surface area (Å²) < 4.78 is 0. The zero-order valence-corrected chi connectivity index (χ0v) is 15.5. The van der Waals surface area contributed by atoms with Gasteiger partial charge in [-0.15, -0.1) is 0 Å². The molecular weight excluding hydrogens is 323 g/mol. The minimum Gasteiger partial charge on any atom is -0.377 e. The second-order valence-electron chi connectivity index (χ2n) is 9.12. The van der Waals surface area contributed by atoms with E-state index >= 15 is 0 Å². The first-order chi connectivity index (χ1) is 12.2. The number of aliphatic hydroxyl groups is 1. The summed E-state index contributed by atoms with van der Waals surface area (Å²) in [6, 6.07) is 17.1. The first kappa shape index (κ1) is 14.9. The molecule has 0 aromatic heterocycles. The molecule has 4 bridgehead atoms. The van der Waals surface area contributed by atoms with Gasteiger partial charge in [0.2, 0.25) is 0 Å². The van der Waals surface area contributed by atoms with E-state index in [1.54, 1.807) is 0 Å². The van der Waals surface area contributed by atoms with Gasteiger partial charge in [0, 0.05) is 0 Å². The maximum atomic E-state index is 12.1. The third-order valence-electron chi connectivity index (χ3n) is 7.41.